The zero-order valence-electron chi connectivity index (χ0n) is 9.92. The van der Waals surface area contributed by atoms with Crippen LogP contribution in [0.4, 0.5) is 5.88 Å². The third kappa shape index (κ3) is 3.11. The molecule has 0 atom stereocenters. The van der Waals surface area contributed by atoms with E-state index in [4.69, 9.17) is 14.4 Å². The number of nitrogens with zero attached hydrogens (tertiary/aromatic N) is 3. The summed E-state index contributed by atoms with van der Waals surface area (Å²) in [4.78, 5) is 3.71. The van der Waals surface area contributed by atoms with E-state index in [1.54, 1.807) is 13.3 Å². The zero-order valence-corrected chi connectivity index (χ0v) is 11.5. The van der Waals surface area contributed by atoms with Gasteiger partial charge in [0.15, 0.2) is 6.39 Å². The molecular formula is C12H9BrN4O2. The Hall–Kier alpha value is -2.33. The Balaban J connectivity index is 2.15. The van der Waals surface area contributed by atoms with Crippen LogP contribution >= 0.6 is 15.9 Å². The SMILES string of the molecule is COc1ccc(Br)cc1/C=N/Nc1ocnc1C#N. The summed E-state index contributed by atoms with van der Waals surface area (Å²) < 4.78 is 11.1. The normalized spacial score (nSPS) is 10.4. The molecule has 0 amide bonds. The van der Waals surface area contributed by atoms with E-state index in [-0.39, 0.29) is 11.6 Å². The summed E-state index contributed by atoms with van der Waals surface area (Å²) >= 11 is 3.37. The monoisotopic (exact) mass is 320 g/mol. The second kappa shape index (κ2) is 6.02. The summed E-state index contributed by atoms with van der Waals surface area (Å²) in [6, 6.07) is 7.43. The highest BCUT2D eigenvalue weighted by atomic mass is 79.9. The van der Waals surface area contributed by atoms with Crippen LogP contribution in [-0.4, -0.2) is 18.3 Å². The quantitative estimate of drug-likeness (QED) is 0.691. The summed E-state index contributed by atoms with van der Waals surface area (Å²) in [6.45, 7) is 0. The number of hydrazone groups is 1. The van der Waals surface area contributed by atoms with Crippen molar-refractivity contribution >= 4 is 28.0 Å². The predicted octanol–water partition coefficient (Wildman–Crippen LogP) is 2.76. The van der Waals surface area contributed by atoms with Crippen LogP contribution in [0, 0.1) is 11.3 Å². The lowest BCUT2D eigenvalue weighted by Crippen LogP contribution is -1.94. The summed E-state index contributed by atoms with van der Waals surface area (Å²) in [5.41, 5.74) is 3.54. The van der Waals surface area contributed by atoms with Gasteiger partial charge in [-0.15, -0.1) is 0 Å². The smallest absolute Gasteiger partial charge is 0.251 e. The number of nitriles is 1. The third-order valence-corrected chi connectivity index (χ3v) is 2.73. The molecule has 0 aliphatic carbocycles. The van der Waals surface area contributed by atoms with E-state index in [1.165, 1.54) is 6.39 Å². The number of hydrogen-bond donors (Lipinski definition) is 1. The molecule has 6 nitrogen and oxygen atoms in total. The fourth-order valence-electron chi connectivity index (χ4n) is 1.37. The minimum Gasteiger partial charge on any atom is -0.496 e. The lowest BCUT2D eigenvalue weighted by molar-refractivity contribution is 0.414. The number of rotatable bonds is 4. The van der Waals surface area contributed by atoms with Gasteiger partial charge < -0.3 is 9.15 Å². The Morgan fingerprint density at radius 1 is 1.58 bits per heavy atom. The maximum Gasteiger partial charge on any atom is 0.251 e. The Bertz CT molecular complexity index is 645. The largest absolute Gasteiger partial charge is 0.496 e. The van der Waals surface area contributed by atoms with Crippen LogP contribution in [0.2, 0.25) is 0 Å². The van der Waals surface area contributed by atoms with Gasteiger partial charge in [0.25, 0.3) is 5.88 Å². The molecular weight excluding hydrogens is 312 g/mol. The Labute approximate surface area is 117 Å². The first kappa shape index (κ1) is 13.1. The Morgan fingerprint density at radius 3 is 3.16 bits per heavy atom. The number of methoxy groups -OCH3 is 1. The van der Waals surface area contributed by atoms with Crippen LogP contribution in [0.15, 0.2) is 38.6 Å². The van der Waals surface area contributed by atoms with Crippen molar-refractivity contribution in [1.82, 2.24) is 4.98 Å². The van der Waals surface area contributed by atoms with Crippen molar-refractivity contribution in [2.45, 2.75) is 0 Å². The zero-order chi connectivity index (χ0) is 13.7. The number of oxazole rings is 1. The molecule has 0 spiro atoms. The lowest BCUT2D eigenvalue weighted by atomic mass is 10.2. The maximum atomic E-state index is 8.75. The first-order valence-electron chi connectivity index (χ1n) is 5.21. The van der Waals surface area contributed by atoms with Crippen molar-refractivity contribution in [3.63, 3.8) is 0 Å². The second-order valence-electron chi connectivity index (χ2n) is 3.40. The van der Waals surface area contributed by atoms with Crippen LogP contribution in [0.25, 0.3) is 0 Å². The maximum absolute atomic E-state index is 8.75. The topological polar surface area (TPSA) is 83.4 Å². The van der Waals surface area contributed by atoms with E-state index in [9.17, 15) is 0 Å². The molecule has 1 aromatic heterocycles. The molecule has 0 radical (unpaired) electrons. The molecule has 2 rings (SSSR count). The van der Waals surface area contributed by atoms with E-state index in [0.717, 1.165) is 10.0 Å². The molecule has 96 valence electrons. The molecule has 2 aromatic rings. The van der Waals surface area contributed by atoms with E-state index in [2.05, 4.69) is 31.4 Å². The van der Waals surface area contributed by atoms with Gasteiger partial charge in [0.2, 0.25) is 5.69 Å². The number of aromatic nitrogens is 1. The molecule has 1 N–H and O–H groups in total. The number of anilines is 1. The van der Waals surface area contributed by atoms with Gasteiger partial charge in [0.05, 0.1) is 13.3 Å². The van der Waals surface area contributed by atoms with Gasteiger partial charge in [-0.05, 0) is 18.2 Å². The predicted molar refractivity (Wildman–Crippen MR) is 73.1 cm³/mol. The van der Waals surface area contributed by atoms with Gasteiger partial charge in [-0.3, -0.25) is 0 Å². The average Bonchev–Trinajstić information content (AvgIpc) is 2.86. The van der Waals surface area contributed by atoms with Gasteiger partial charge in [0, 0.05) is 10.0 Å². The number of hydrogen-bond acceptors (Lipinski definition) is 6. The first-order valence-corrected chi connectivity index (χ1v) is 6.00. The molecule has 1 aromatic carbocycles. The van der Waals surface area contributed by atoms with Gasteiger partial charge in [-0.25, -0.2) is 10.4 Å². The van der Waals surface area contributed by atoms with Crippen LogP contribution in [0.5, 0.6) is 5.75 Å². The molecule has 0 saturated heterocycles. The van der Waals surface area contributed by atoms with Crippen molar-refractivity contribution < 1.29 is 9.15 Å². The first-order chi connectivity index (χ1) is 9.24. The summed E-state index contributed by atoms with van der Waals surface area (Å²) in [5.74, 6) is 0.888. The van der Waals surface area contributed by atoms with Crippen LogP contribution in [0.1, 0.15) is 11.3 Å². The van der Waals surface area contributed by atoms with Crippen molar-refractivity contribution in [3.05, 3.63) is 40.3 Å². The molecule has 19 heavy (non-hydrogen) atoms. The number of benzene rings is 1. The van der Waals surface area contributed by atoms with Crippen molar-refractivity contribution in [2.75, 3.05) is 12.5 Å². The van der Waals surface area contributed by atoms with E-state index >= 15 is 0 Å². The van der Waals surface area contributed by atoms with E-state index in [1.807, 2.05) is 24.3 Å². The highest BCUT2D eigenvalue weighted by molar-refractivity contribution is 9.10. The number of ether oxygens (including phenoxy) is 1. The van der Waals surface area contributed by atoms with Crippen molar-refractivity contribution in [1.29, 1.82) is 5.26 Å². The third-order valence-electron chi connectivity index (χ3n) is 2.23. The molecule has 0 unspecified atom stereocenters. The Morgan fingerprint density at radius 2 is 2.42 bits per heavy atom. The standard InChI is InChI=1S/C12H9BrN4O2/c1-18-11-3-2-9(13)4-8(11)6-16-17-12-10(5-14)15-7-19-12/h2-4,6-7,17H,1H3/b16-6+. The summed E-state index contributed by atoms with van der Waals surface area (Å²) in [6.07, 6.45) is 2.74. The van der Waals surface area contributed by atoms with Gasteiger partial charge in [-0.1, -0.05) is 15.9 Å². The highest BCUT2D eigenvalue weighted by Crippen LogP contribution is 2.21. The van der Waals surface area contributed by atoms with Crippen molar-refractivity contribution in [2.24, 2.45) is 5.10 Å². The fraction of sp³-hybridized carbons (Fsp3) is 0.0833. The molecule has 0 aliphatic rings. The van der Waals surface area contributed by atoms with Gasteiger partial charge in [0.1, 0.15) is 11.8 Å². The number of nitrogens with one attached hydrogen (secondary N) is 1. The average molecular weight is 321 g/mol. The molecule has 0 fully saturated rings. The molecule has 0 saturated carbocycles. The highest BCUT2D eigenvalue weighted by Gasteiger charge is 2.05. The number of halogens is 1. The molecule has 0 bridgehead atoms. The fourth-order valence-corrected chi connectivity index (χ4v) is 1.75. The van der Waals surface area contributed by atoms with E-state index < -0.39 is 0 Å². The van der Waals surface area contributed by atoms with Crippen LogP contribution in [-0.2, 0) is 0 Å². The summed E-state index contributed by atoms with van der Waals surface area (Å²) in [7, 11) is 1.58. The van der Waals surface area contributed by atoms with Gasteiger partial charge >= 0.3 is 0 Å². The Kier molecular flexibility index (Phi) is 4.15. The van der Waals surface area contributed by atoms with E-state index in [0.29, 0.717) is 5.75 Å². The second-order valence-corrected chi connectivity index (χ2v) is 4.31. The van der Waals surface area contributed by atoms with Crippen LogP contribution in [0.3, 0.4) is 0 Å². The minimum absolute atomic E-state index is 0.151. The van der Waals surface area contributed by atoms with Crippen molar-refractivity contribution in [3.8, 4) is 11.8 Å². The lowest BCUT2D eigenvalue weighted by Gasteiger charge is -2.04. The molecule has 7 heteroatoms. The van der Waals surface area contributed by atoms with Crippen LogP contribution < -0.4 is 10.2 Å². The molecule has 0 aliphatic heterocycles. The molecule has 1 heterocycles. The summed E-state index contributed by atoms with van der Waals surface area (Å²) in [5, 5.41) is 12.7. The minimum atomic E-state index is 0.151. The van der Waals surface area contributed by atoms with Gasteiger partial charge in [-0.2, -0.15) is 10.4 Å².